The molecule has 0 atom stereocenters. The van der Waals surface area contributed by atoms with Crippen molar-refractivity contribution < 1.29 is 18.6 Å². The Morgan fingerprint density at radius 2 is 1.90 bits per heavy atom. The van der Waals surface area contributed by atoms with Crippen LogP contribution < -0.4 is 15.0 Å². The summed E-state index contributed by atoms with van der Waals surface area (Å²) in [5.74, 6) is 0.448. The average molecular weight is 430 g/mol. The van der Waals surface area contributed by atoms with Crippen LogP contribution in [0, 0.1) is 23.1 Å². The van der Waals surface area contributed by atoms with E-state index in [4.69, 9.17) is 19.5 Å². The molecular weight excluding hydrogens is 397 g/mol. The number of anilines is 1. The van der Waals surface area contributed by atoms with Crippen LogP contribution in [-0.2, 0) is 16.0 Å². The summed E-state index contributed by atoms with van der Waals surface area (Å²) in [7, 11) is 3.40. The molecule has 2 aromatic rings. The van der Waals surface area contributed by atoms with Crippen LogP contribution in [0.25, 0.3) is 0 Å². The van der Waals surface area contributed by atoms with Crippen LogP contribution in [0.4, 0.5) is 10.1 Å². The predicted octanol–water partition coefficient (Wildman–Crippen LogP) is 3.95. The smallest absolute Gasteiger partial charge is 0.165 e. The van der Waals surface area contributed by atoms with Gasteiger partial charge in [0.25, 0.3) is 0 Å². The monoisotopic (exact) mass is 429 g/mol. The fraction of sp³-hybridized carbons (Fsp3) is 0.458. The molecule has 3 rings (SSSR count). The lowest BCUT2D eigenvalue weighted by Gasteiger charge is -2.24. The van der Waals surface area contributed by atoms with Gasteiger partial charge in [0.15, 0.2) is 11.6 Å². The summed E-state index contributed by atoms with van der Waals surface area (Å²) in [6.45, 7) is 6.70. The SMILES string of the molecule is CCCN(Cc1ccc(OC)c(F)c1)c1ccc(C#N)cc1.CNCC1COCOC1. The Hall–Kier alpha value is -2.66. The third-order valence-electron chi connectivity index (χ3n) is 4.81. The molecule has 7 heteroatoms. The fourth-order valence-corrected chi connectivity index (χ4v) is 3.29. The zero-order valence-corrected chi connectivity index (χ0v) is 18.6. The number of nitrogens with zero attached hydrogens (tertiary/aromatic N) is 2. The number of methoxy groups -OCH3 is 1. The summed E-state index contributed by atoms with van der Waals surface area (Å²) < 4.78 is 28.9. The largest absolute Gasteiger partial charge is 0.494 e. The van der Waals surface area contributed by atoms with Crippen molar-refractivity contribution in [3.05, 3.63) is 59.4 Å². The Morgan fingerprint density at radius 1 is 1.19 bits per heavy atom. The highest BCUT2D eigenvalue weighted by molar-refractivity contribution is 5.50. The summed E-state index contributed by atoms with van der Waals surface area (Å²) in [5.41, 5.74) is 2.55. The van der Waals surface area contributed by atoms with E-state index >= 15 is 0 Å². The molecule has 2 aromatic carbocycles. The lowest BCUT2D eigenvalue weighted by molar-refractivity contribution is -0.124. The number of benzene rings is 2. The summed E-state index contributed by atoms with van der Waals surface area (Å²) >= 11 is 0. The molecule has 0 unspecified atom stereocenters. The molecule has 168 valence electrons. The second kappa shape index (κ2) is 13.6. The van der Waals surface area contributed by atoms with E-state index in [2.05, 4.69) is 23.2 Å². The number of nitriles is 1. The van der Waals surface area contributed by atoms with Gasteiger partial charge in [0.2, 0.25) is 0 Å². The van der Waals surface area contributed by atoms with Crippen LogP contribution in [0.15, 0.2) is 42.5 Å². The van der Waals surface area contributed by atoms with Gasteiger partial charge < -0.3 is 24.4 Å². The third kappa shape index (κ3) is 8.18. The zero-order chi connectivity index (χ0) is 22.5. The van der Waals surface area contributed by atoms with Gasteiger partial charge in [0.1, 0.15) is 6.79 Å². The lowest BCUT2D eigenvalue weighted by Crippen LogP contribution is -2.31. The summed E-state index contributed by atoms with van der Waals surface area (Å²) in [5, 5.41) is 11.9. The number of nitrogens with one attached hydrogen (secondary N) is 1. The first kappa shape index (κ1) is 24.6. The molecule has 1 N–H and O–H groups in total. The molecule has 1 heterocycles. The van der Waals surface area contributed by atoms with Gasteiger partial charge in [-0.15, -0.1) is 0 Å². The Balaban J connectivity index is 0.000000316. The van der Waals surface area contributed by atoms with E-state index in [1.807, 2.05) is 25.2 Å². The standard InChI is InChI=1S/C18H19FN2O.C6H13NO2/c1-3-10-21(16-7-4-14(12-20)5-8-16)13-15-6-9-18(22-2)17(19)11-15;1-7-2-6-3-8-5-9-4-6/h4-9,11H,3,10,13H2,1-2H3;6-7H,2-5H2,1H3. The van der Waals surface area contributed by atoms with Crippen LogP contribution in [0.5, 0.6) is 5.75 Å². The van der Waals surface area contributed by atoms with Crippen molar-refractivity contribution in [3.8, 4) is 11.8 Å². The first-order valence-electron chi connectivity index (χ1n) is 10.5. The number of hydrogen-bond donors (Lipinski definition) is 1. The van der Waals surface area contributed by atoms with E-state index in [0.717, 1.165) is 44.0 Å². The molecule has 0 radical (unpaired) electrons. The van der Waals surface area contributed by atoms with Gasteiger partial charge in [-0.2, -0.15) is 5.26 Å². The highest BCUT2D eigenvalue weighted by Crippen LogP contribution is 2.22. The molecule has 6 nitrogen and oxygen atoms in total. The summed E-state index contributed by atoms with van der Waals surface area (Å²) in [4.78, 5) is 2.17. The molecule has 31 heavy (non-hydrogen) atoms. The second-order valence-electron chi connectivity index (χ2n) is 7.33. The third-order valence-corrected chi connectivity index (χ3v) is 4.81. The maximum Gasteiger partial charge on any atom is 0.165 e. The molecule has 0 amide bonds. The number of halogens is 1. The van der Waals surface area contributed by atoms with Gasteiger partial charge in [-0.1, -0.05) is 13.0 Å². The lowest BCUT2D eigenvalue weighted by atomic mass is 10.1. The van der Waals surface area contributed by atoms with Crippen molar-refractivity contribution in [2.45, 2.75) is 19.9 Å². The van der Waals surface area contributed by atoms with E-state index in [1.54, 1.807) is 18.2 Å². The van der Waals surface area contributed by atoms with Crippen molar-refractivity contribution in [3.63, 3.8) is 0 Å². The molecule has 1 saturated heterocycles. The second-order valence-corrected chi connectivity index (χ2v) is 7.33. The molecular formula is C24H32FN3O3. The molecule has 0 aromatic heterocycles. The molecule has 1 aliphatic rings. The quantitative estimate of drug-likeness (QED) is 0.685. The van der Waals surface area contributed by atoms with Crippen molar-refractivity contribution in [2.24, 2.45) is 5.92 Å². The summed E-state index contributed by atoms with van der Waals surface area (Å²) in [6.07, 6.45) is 0.985. The van der Waals surface area contributed by atoms with E-state index < -0.39 is 0 Å². The molecule has 0 saturated carbocycles. The van der Waals surface area contributed by atoms with Crippen LogP contribution in [0.2, 0.25) is 0 Å². The predicted molar refractivity (Wildman–Crippen MR) is 120 cm³/mol. The Kier molecular flexibility index (Phi) is 10.8. The van der Waals surface area contributed by atoms with Gasteiger partial charge in [-0.25, -0.2) is 4.39 Å². The van der Waals surface area contributed by atoms with E-state index in [0.29, 0.717) is 24.8 Å². The molecule has 1 aliphatic heterocycles. The van der Waals surface area contributed by atoms with E-state index in [9.17, 15) is 4.39 Å². The minimum absolute atomic E-state index is 0.254. The van der Waals surface area contributed by atoms with Crippen LogP contribution >= 0.6 is 0 Å². The Bertz CT molecular complexity index is 815. The summed E-state index contributed by atoms with van der Waals surface area (Å²) in [6, 6.07) is 14.6. The van der Waals surface area contributed by atoms with Crippen LogP contribution in [-0.4, -0.2) is 47.3 Å². The van der Waals surface area contributed by atoms with Gasteiger partial charge in [-0.05, 0) is 55.4 Å². The van der Waals surface area contributed by atoms with Crippen LogP contribution in [0.1, 0.15) is 24.5 Å². The highest BCUT2D eigenvalue weighted by Gasteiger charge is 2.12. The number of ether oxygens (including phenoxy) is 3. The maximum atomic E-state index is 13.8. The molecule has 0 aliphatic carbocycles. The van der Waals surface area contributed by atoms with Crippen LogP contribution in [0.3, 0.4) is 0 Å². The first-order chi connectivity index (χ1) is 15.1. The van der Waals surface area contributed by atoms with Crippen molar-refractivity contribution in [2.75, 3.05) is 52.2 Å². The van der Waals surface area contributed by atoms with Gasteiger partial charge in [-0.3, -0.25) is 0 Å². The highest BCUT2D eigenvalue weighted by atomic mass is 19.1. The van der Waals surface area contributed by atoms with Crippen molar-refractivity contribution >= 4 is 5.69 Å². The minimum Gasteiger partial charge on any atom is -0.494 e. The van der Waals surface area contributed by atoms with Crippen molar-refractivity contribution in [1.29, 1.82) is 5.26 Å². The topological polar surface area (TPSA) is 66.8 Å². The maximum absolute atomic E-state index is 13.8. The Morgan fingerprint density at radius 3 is 2.45 bits per heavy atom. The van der Waals surface area contributed by atoms with Gasteiger partial charge in [0.05, 0.1) is 32.0 Å². The zero-order valence-electron chi connectivity index (χ0n) is 18.6. The van der Waals surface area contributed by atoms with E-state index in [-0.39, 0.29) is 11.6 Å². The van der Waals surface area contributed by atoms with Gasteiger partial charge in [0, 0.05) is 31.2 Å². The normalized spacial score (nSPS) is 13.6. The molecule has 0 bridgehead atoms. The minimum atomic E-state index is -0.351. The molecule has 1 fully saturated rings. The Labute approximate surface area is 184 Å². The van der Waals surface area contributed by atoms with Crippen molar-refractivity contribution in [1.82, 2.24) is 5.32 Å². The number of hydrogen-bond acceptors (Lipinski definition) is 6. The average Bonchev–Trinajstić information content (AvgIpc) is 2.80. The molecule has 0 spiro atoms. The van der Waals surface area contributed by atoms with E-state index in [1.165, 1.54) is 13.2 Å². The first-order valence-corrected chi connectivity index (χ1v) is 10.5. The fourth-order valence-electron chi connectivity index (χ4n) is 3.29. The van der Waals surface area contributed by atoms with Gasteiger partial charge >= 0.3 is 0 Å². The number of rotatable bonds is 8.